The first kappa shape index (κ1) is 21.0. The van der Waals surface area contributed by atoms with Crippen molar-refractivity contribution in [2.75, 3.05) is 11.1 Å². The minimum atomic E-state index is -0.164. The first-order valence-electron chi connectivity index (χ1n) is 9.23. The highest BCUT2D eigenvalue weighted by Gasteiger charge is 2.14. The second-order valence-corrected chi connectivity index (χ2v) is 7.85. The van der Waals surface area contributed by atoms with E-state index in [2.05, 4.69) is 42.7 Å². The number of carbonyl (C=O) groups is 2. The van der Waals surface area contributed by atoms with Crippen molar-refractivity contribution in [3.63, 3.8) is 0 Å². The predicted octanol–water partition coefficient (Wildman–Crippen LogP) is 4.70. The molecule has 0 spiro atoms. The molecule has 0 fully saturated rings. The van der Waals surface area contributed by atoms with Crippen LogP contribution in [0.4, 0.5) is 5.69 Å². The Morgan fingerprint density at radius 1 is 1.07 bits per heavy atom. The van der Waals surface area contributed by atoms with Crippen molar-refractivity contribution < 1.29 is 9.59 Å². The molecule has 2 rings (SSSR count). The molecule has 0 aliphatic rings. The summed E-state index contributed by atoms with van der Waals surface area (Å²) >= 11 is 1.57. The molecule has 144 valence electrons. The van der Waals surface area contributed by atoms with E-state index in [1.54, 1.807) is 30.0 Å². The van der Waals surface area contributed by atoms with Gasteiger partial charge in [-0.05, 0) is 44.9 Å². The molecule has 0 aliphatic heterocycles. The Kier molecular flexibility index (Phi) is 7.92. The molecule has 0 bridgehead atoms. The standard InChI is InChI=1S/C22H28N2O2S/c1-5-17(4)23-22(26)19-8-6-7-9-20(19)24-21(25)14-27-13-18-11-15(2)10-16(3)12-18/h6-12,17H,5,13-14H2,1-4H3,(H,23,26)(H,24,25)/t17-/m0/s1. The Labute approximate surface area is 166 Å². The largest absolute Gasteiger partial charge is 0.350 e. The molecule has 0 aliphatic carbocycles. The average molecular weight is 385 g/mol. The van der Waals surface area contributed by atoms with E-state index in [4.69, 9.17) is 0 Å². The number of aryl methyl sites for hydroxylation is 2. The topological polar surface area (TPSA) is 58.2 Å². The number of carbonyl (C=O) groups excluding carboxylic acids is 2. The molecule has 1 atom stereocenters. The number of benzene rings is 2. The van der Waals surface area contributed by atoms with Crippen LogP contribution in [0.2, 0.25) is 0 Å². The summed E-state index contributed by atoms with van der Waals surface area (Å²) in [4.78, 5) is 24.7. The number of hydrogen-bond donors (Lipinski definition) is 2. The highest BCUT2D eigenvalue weighted by Crippen LogP contribution is 2.18. The van der Waals surface area contributed by atoms with Crippen molar-refractivity contribution in [1.82, 2.24) is 5.32 Å². The predicted molar refractivity (Wildman–Crippen MR) is 114 cm³/mol. The lowest BCUT2D eigenvalue weighted by molar-refractivity contribution is -0.113. The molecular weight excluding hydrogens is 356 g/mol. The Hall–Kier alpha value is -2.27. The van der Waals surface area contributed by atoms with Gasteiger partial charge in [-0.15, -0.1) is 11.8 Å². The van der Waals surface area contributed by atoms with E-state index in [9.17, 15) is 9.59 Å². The van der Waals surface area contributed by atoms with Crippen LogP contribution >= 0.6 is 11.8 Å². The molecule has 0 saturated carbocycles. The Morgan fingerprint density at radius 2 is 1.74 bits per heavy atom. The third-order valence-electron chi connectivity index (χ3n) is 4.22. The van der Waals surface area contributed by atoms with Gasteiger partial charge >= 0.3 is 0 Å². The summed E-state index contributed by atoms with van der Waals surface area (Å²) < 4.78 is 0. The second-order valence-electron chi connectivity index (χ2n) is 6.87. The van der Waals surface area contributed by atoms with Crippen molar-refractivity contribution in [2.24, 2.45) is 0 Å². The van der Waals surface area contributed by atoms with E-state index in [-0.39, 0.29) is 17.9 Å². The van der Waals surface area contributed by atoms with Crippen molar-refractivity contribution in [1.29, 1.82) is 0 Å². The van der Waals surface area contributed by atoms with Crippen LogP contribution in [0.3, 0.4) is 0 Å². The number of thioether (sulfide) groups is 1. The molecule has 0 heterocycles. The van der Waals surface area contributed by atoms with Gasteiger partial charge in [-0.1, -0.05) is 48.4 Å². The molecule has 4 nitrogen and oxygen atoms in total. The molecule has 0 unspecified atom stereocenters. The van der Waals surface area contributed by atoms with Crippen LogP contribution in [-0.2, 0) is 10.5 Å². The van der Waals surface area contributed by atoms with Crippen molar-refractivity contribution in [3.8, 4) is 0 Å². The van der Waals surface area contributed by atoms with Gasteiger partial charge in [0.15, 0.2) is 0 Å². The maximum atomic E-state index is 12.4. The molecular formula is C22H28N2O2S. The summed E-state index contributed by atoms with van der Waals surface area (Å²) in [5.74, 6) is 0.858. The Morgan fingerprint density at radius 3 is 2.41 bits per heavy atom. The van der Waals surface area contributed by atoms with Crippen molar-refractivity contribution in [3.05, 3.63) is 64.7 Å². The average Bonchev–Trinajstić information content (AvgIpc) is 2.61. The molecule has 0 saturated heterocycles. The van der Waals surface area contributed by atoms with Crippen LogP contribution in [-0.4, -0.2) is 23.6 Å². The third-order valence-corrected chi connectivity index (χ3v) is 5.22. The highest BCUT2D eigenvalue weighted by molar-refractivity contribution is 7.99. The fourth-order valence-corrected chi connectivity index (χ4v) is 3.56. The van der Waals surface area contributed by atoms with Crippen LogP contribution in [0.15, 0.2) is 42.5 Å². The molecule has 5 heteroatoms. The minimum absolute atomic E-state index is 0.0922. The van der Waals surface area contributed by atoms with Gasteiger partial charge in [0.1, 0.15) is 0 Å². The molecule has 0 radical (unpaired) electrons. The summed E-state index contributed by atoms with van der Waals surface area (Å²) in [5, 5.41) is 5.81. The number of amides is 2. The number of hydrogen-bond acceptors (Lipinski definition) is 3. The van der Waals surface area contributed by atoms with Gasteiger partial charge in [-0.25, -0.2) is 0 Å². The van der Waals surface area contributed by atoms with Gasteiger partial charge in [0, 0.05) is 11.8 Å². The van der Waals surface area contributed by atoms with E-state index >= 15 is 0 Å². The monoisotopic (exact) mass is 384 g/mol. The third kappa shape index (κ3) is 6.75. The fourth-order valence-electron chi connectivity index (χ4n) is 2.79. The Bertz CT molecular complexity index is 784. The Balaban J connectivity index is 1.93. The maximum absolute atomic E-state index is 12.4. The lowest BCUT2D eigenvalue weighted by Crippen LogP contribution is -2.32. The zero-order valence-electron chi connectivity index (χ0n) is 16.5. The molecule has 2 aromatic carbocycles. The molecule has 2 aromatic rings. The SMILES string of the molecule is CC[C@H](C)NC(=O)c1ccccc1NC(=O)CSCc1cc(C)cc(C)c1. The lowest BCUT2D eigenvalue weighted by Gasteiger charge is -2.14. The summed E-state index contributed by atoms with van der Waals surface area (Å²) in [6.07, 6.45) is 0.856. The minimum Gasteiger partial charge on any atom is -0.350 e. The van der Waals surface area contributed by atoms with E-state index < -0.39 is 0 Å². The van der Waals surface area contributed by atoms with Crippen LogP contribution in [0.25, 0.3) is 0 Å². The molecule has 0 aromatic heterocycles. The zero-order chi connectivity index (χ0) is 19.8. The summed E-state index contributed by atoms with van der Waals surface area (Å²) in [7, 11) is 0. The lowest BCUT2D eigenvalue weighted by atomic mass is 10.1. The van der Waals surface area contributed by atoms with Crippen LogP contribution in [0.1, 0.15) is 47.3 Å². The first-order chi connectivity index (χ1) is 12.9. The summed E-state index contributed by atoms with van der Waals surface area (Å²) in [6.45, 7) is 8.14. The maximum Gasteiger partial charge on any atom is 0.253 e. The summed E-state index contributed by atoms with van der Waals surface area (Å²) in [6, 6.07) is 13.6. The number of nitrogens with one attached hydrogen (secondary N) is 2. The highest BCUT2D eigenvalue weighted by atomic mass is 32.2. The van der Waals surface area contributed by atoms with Gasteiger partial charge in [0.25, 0.3) is 5.91 Å². The van der Waals surface area contributed by atoms with Crippen LogP contribution < -0.4 is 10.6 Å². The van der Waals surface area contributed by atoms with Gasteiger partial charge in [0.2, 0.25) is 5.91 Å². The van der Waals surface area contributed by atoms with E-state index in [1.807, 2.05) is 19.9 Å². The van der Waals surface area contributed by atoms with Gasteiger partial charge in [-0.3, -0.25) is 9.59 Å². The number of para-hydroxylation sites is 1. The second kappa shape index (κ2) is 10.2. The quantitative estimate of drug-likeness (QED) is 0.693. The van der Waals surface area contributed by atoms with Gasteiger partial charge in [0.05, 0.1) is 17.0 Å². The summed E-state index contributed by atoms with van der Waals surface area (Å²) in [5.41, 5.74) is 4.73. The van der Waals surface area contributed by atoms with Gasteiger partial charge in [-0.2, -0.15) is 0 Å². The van der Waals surface area contributed by atoms with Crippen LogP contribution in [0.5, 0.6) is 0 Å². The van der Waals surface area contributed by atoms with E-state index in [1.165, 1.54) is 16.7 Å². The molecule has 27 heavy (non-hydrogen) atoms. The number of anilines is 1. The fraction of sp³-hybridized carbons (Fsp3) is 0.364. The van der Waals surface area contributed by atoms with Crippen molar-refractivity contribution >= 4 is 29.3 Å². The van der Waals surface area contributed by atoms with E-state index in [0.29, 0.717) is 17.0 Å². The molecule has 2 N–H and O–H groups in total. The first-order valence-corrected chi connectivity index (χ1v) is 10.4. The number of rotatable bonds is 8. The smallest absolute Gasteiger partial charge is 0.253 e. The van der Waals surface area contributed by atoms with Crippen LogP contribution in [0, 0.1) is 13.8 Å². The normalized spacial score (nSPS) is 11.7. The van der Waals surface area contributed by atoms with E-state index in [0.717, 1.165) is 12.2 Å². The zero-order valence-corrected chi connectivity index (χ0v) is 17.3. The van der Waals surface area contributed by atoms with Gasteiger partial charge < -0.3 is 10.6 Å². The molecule has 2 amide bonds. The van der Waals surface area contributed by atoms with Crippen molar-refractivity contribution in [2.45, 2.75) is 45.9 Å².